The number of aliphatic hydroxyl groups excluding tert-OH is 1. The second-order valence-electron chi connectivity index (χ2n) is 4.13. The number of pyridine rings is 1. The summed E-state index contributed by atoms with van der Waals surface area (Å²) in [5.41, 5.74) is 0.956. The molecule has 0 fully saturated rings. The van der Waals surface area contributed by atoms with Gasteiger partial charge in [0.2, 0.25) is 0 Å². The van der Waals surface area contributed by atoms with Gasteiger partial charge in [0.05, 0.1) is 12.3 Å². The van der Waals surface area contributed by atoms with Crippen molar-refractivity contribution in [3.63, 3.8) is 0 Å². The SMILES string of the molecule is CCC(CC)N(CCO)Cc1cc(Cl)ccn1. The van der Waals surface area contributed by atoms with Gasteiger partial charge in [0.15, 0.2) is 0 Å². The van der Waals surface area contributed by atoms with E-state index in [1.165, 1.54) is 0 Å². The van der Waals surface area contributed by atoms with Crippen LogP contribution in [0.3, 0.4) is 0 Å². The molecule has 1 aromatic heterocycles. The lowest BCUT2D eigenvalue weighted by molar-refractivity contribution is 0.135. The summed E-state index contributed by atoms with van der Waals surface area (Å²) < 4.78 is 0. The fourth-order valence-corrected chi connectivity index (χ4v) is 2.25. The number of rotatable bonds is 7. The average Bonchev–Trinajstić information content (AvgIpc) is 2.31. The Hall–Kier alpha value is -0.640. The summed E-state index contributed by atoms with van der Waals surface area (Å²) in [6, 6.07) is 4.15. The Morgan fingerprint density at radius 2 is 2.12 bits per heavy atom. The summed E-state index contributed by atoms with van der Waals surface area (Å²) in [6.45, 7) is 5.94. The van der Waals surface area contributed by atoms with Gasteiger partial charge in [0, 0.05) is 30.4 Å². The molecule has 4 heteroatoms. The Balaban J connectivity index is 2.71. The Morgan fingerprint density at radius 3 is 2.65 bits per heavy atom. The number of hydrogen-bond acceptors (Lipinski definition) is 3. The molecule has 96 valence electrons. The smallest absolute Gasteiger partial charge is 0.0558 e. The van der Waals surface area contributed by atoms with Crippen LogP contribution in [0.15, 0.2) is 18.3 Å². The van der Waals surface area contributed by atoms with Crippen molar-refractivity contribution < 1.29 is 5.11 Å². The summed E-state index contributed by atoms with van der Waals surface area (Å²) in [7, 11) is 0. The Labute approximate surface area is 108 Å². The van der Waals surface area contributed by atoms with Gasteiger partial charge in [-0.1, -0.05) is 25.4 Å². The molecule has 0 unspecified atom stereocenters. The molecule has 0 amide bonds. The van der Waals surface area contributed by atoms with Gasteiger partial charge < -0.3 is 5.11 Å². The quantitative estimate of drug-likeness (QED) is 0.815. The number of halogens is 1. The van der Waals surface area contributed by atoms with Crippen LogP contribution in [-0.4, -0.2) is 34.2 Å². The van der Waals surface area contributed by atoms with Crippen molar-refractivity contribution in [2.45, 2.75) is 39.3 Å². The van der Waals surface area contributed by atoms with Gasteiger partial charge in [-0.2, -0.15) is 0 Å². The van der Waals surface area contributed by atoms with E-state index >= 15 is 0 Å². The molecule has 0 aliphatic heterocycles. The maximum absolute atomic E-state index is 9.12. The molecule has 0 saturated heterocycles. The molecule has 0 aliphatic rings. The Bertz CT molecular complexity index is 329. The molecule has 0 aromatic carbocycles. The predicted molar refractivity (Wildman–Crippen MR) is 71.1 cm³/mol. The molecule has 1 N–H and O–H groups in total. The summed E-state index contributed by atoms with van der Waals surface area (Å²) in [4.78, 5) is 6.57. The second kappa shape index (κ2) is 7.64. The topological polar surface area (TPSA) is 36.4 Å². The standard InChI is InChI=1S/C13H21ClN2O/c1-3-13(4-2)16(7-8-17)10-12-9-11(14)5-6-15-12/h5-6,9,13,17H,3-4,7-8,10H2,1-2H3. The normalized spacial score (nSPS) is 11.4. The van der Waals surface area contributed by atoms with Crippen molar-refractivity contribution in [2.75, 3.05) is 13.2 Å². The number of aliphatic hydroxyl groups is 1. The van der Waals surface area contributed by atoms with Crippen LogP contribution < -0.4 is 0 Å². The van der Waals surface area contributed by atoms with Crippen LogP contribution in [0.2, 0.25) is 5.02 Å². The minimum Gasteiger partial charge on any atom is -0.395 e. The van der Waals surface area contributed by atoms with Gasteiger partial charge in [0.25, 0.3) is 0 Å². The van der Waals surface area contributed by atoms with Gasteiger partial charge in [-0.05, 0) is 25.0 Å². The van der Waals surface area contributed by atoms with E-state index < -0.39 is 0 Å². The largest absolute Gasteiger partial charge is 0.395 e. The maximum Gasteiger partial charge on any atom is 0.0558 e. The minimum atomic E-state index is 0.178. The summed E-state index contributed by atoms with van der Waals surface area (Å²) in [6.07, 6.45) is 3.88. The second-order valence-corrected chi connectivity index (χ2v) is 4.57. The first-order valence-electron chi connectivity index (χ1n) is 6.16. The van der Waals surface area contributed by atoms with Crippen LogP contribution in [-0.2, 0) is 6.54 Å². The van der Waals surface area contributed by atoms with Crippen LogP contribution in [0, 0.1) is 0 Å². The van der Waals surface area contributed by atoms with Crippen LogP contribution in [0.5, 0.6) is 0 Å². The van der Waals surface area contributed by atoms with E-state index in [1.54, 1.807) is 12.3 Å². The van der Waals surface area contributed by atoms with Crippen molar-refractivity contribution in [1.82, 2.24) is 9.88 Å². The highest BCUT2D eigenvalue weighted by atomic mass is 35.5. The van der Waals surface area contributed by atoms with E-state index in [4.69, 9.17) is 16.7 Å². The van der Waals surface area contributed by atoms with E-state index in [2.05, 4.69) is 23.7 Å². The number of aromatic nitrogens is 1. The lowest BCUT2D eigenvalue weighted by atomic mass is 10.1. The molecule has 0 radical (unpaired) electrons. The van der Waals surface area contributed by atoms with Crippen LogP contribution in [0.25, 0.3) is 0 Å². The fraction of sp³-hybridized carbons (Fsp3) is 0.615. The van der Waals surface area contributed by atoms with Crippen LogP contribution in [0.4, 0.5) is 0 Å². The third kappa shape index (κ3) is 4.62. The van der Waals surface area contributed by atoms with E-state index in [0.717, 1.165) is 25.1 Å². The zero-order valence-electron chi connectivity index (χ0n) is 10.6. The lowest BCUT2D eigenvalue weighted by Gasteiger charge is -2.29. The molecule has 0 aliphatic carbocycles. The van der Waals surface area contributed by atoms with E-state index in [1.807, 2.05) is 6.07 Å². The molecule has 0 saturated carbocycles. The first-order valence-corrected chi connectivity index (χ1v) is 6.54. The summed E-state index contributed by atoms with van der Waals surface area (Å²) >= 11 is 5.94. The van der Waals surface area contributed by atoms with E-state index in [0.29, 0.717) is 17.6 Å². The molecular formula is C13H21ClN2O. The van der Waals surface area contributed by atoms with Crippen molar-refractivity contribution in [2.24, 2.45) is 0 Å². The first-order chi connectivity index (χ1) is 8.21. The molecule has 0 spiro atoms. The summed E-state index contributed by atoms with van der Waals surface area (Å²) in [5, 5.41) is 9.83. The highest BCUT2D eigenvalue weighted by Crippen LogP contribution is 2.14. The van der Waals surface area contributed by atoms with Gasteiger partial charge in [-0.3, -0.25) is 9.88 Å². The molecule has 3 nitrogen and oxygen atoms in total. The highest BCUT2D eigenvalue weighted by molar-refractivity contribution is 6.30. The zero-order chi connectivity index (χ0) is 12.7. The van der Waals surface area contributed by atoms with Crippen molar-refractivity contribution in [3.05, 3.63) is 29.0 Å². The first kappa shape index (κ1) is 14.4. The third-order valence-corrected chi connectivity index (χ3v) is 3.22. The minimum absolute atomic E-state index is 0.178. The molecule has 17 heavy (non-hydrogen) atoms. The van der Waals surface area contributed by atoms with E-state index in [-0.39, 0.29) is 6.61 Å². The molecule has 1 rings (SSSR count). The molecule has 1 heterocycles. The summed E-state index contributed by atoms with van der Waals surface area (Å²) in [5.74, 6) is 0. The van der Waals surface area contributed by atoms with Crippen LogP contribution in [0.1, 0.15) is 32.4 Å². The number of hydrogen-bond donors (Lipinski definition) is 1. The van der Waals surface area contributed by atoms with Crippen molar-refractivity contribution >= 4 is 11.6 Å². The van der Waals surface area contributed by atoms with Crippen molar-refractivity contribution in [3.8, 4) is 0 Å². The lowest BCUT2D eigenvalue weighted by Crippen LogP contribution is -2.36. The third-order valence-electron chi connectivity index (χ3n) is 2.99. The van der Waals surface area contributed by atoms with Gasteiger partial charge in [0.1, 0.15) is 0 Å². The maximum atomic E-state index is 9.12. The van der Waals surface area contributed by atoms with Crippen molar-refractivity contribution in [1.29, 1.82) is 0 Å². The fourth-order valence-electron chi connectivity index (χ4n) is 2.07. The molecule has 0 atom stereocenters. The van der Waals surface area contributed by atoms with E-state index in [9.17, 15) is 0 Å². The average molecular weight is 257 g/mol. The monoisotopic (exact) mass is 256 g/mol. The number of nitrogens with zero attached hydrogens (tertiary/aromatic N) is 2. The zero-order valence-corrected chi connectivity index (χ0v) is 11.3. The van der Waals surface area contributed by atoms with Crippen LogP contribution >= 0.6 is 11.6 Å². The molecule has 1 aromatic rings. The molecular weight excluding hydrogens is 236 g/mol. The van der Waals surface area contributed by atoms with Gasteiger partial charge in [-0.15, -0.1) is 0 Å². The Morgan fingerprint density at radius 1 is 1.41 bits per heavy atom. The molecule has 0 bridgehead atoms. The predicted octanol–water partition coefficient (Wildman–Crippen LogP) is 2.72. The highest BCUT2D eigenvalue weighted by Gasteiger charge is 2.15. The van der Waals surface area contributed by atoms with Gasteiger partial charge in [-0.25, -0.2) is 0 Å². The Kier molecular flexibility index (Phi) is 6.48. The van der Waals surface area contributed by atoms with Gasteiger partial charge >= 0.3 is 0 Å².